The molecule has 0 atom stereocenters. The maximum Gasteiger partial charge on any atom is 0.387 e. The molecule has 0 aliphatic rings. The van der Waals surface area contributed by atoms with Gasteiger partial charge >= 0.3 is 6.61 Å². The molecule has 0 aliphatic carbocycles. The quantitative estimate of drug-likeness (QED) is 0.776. The normalized spacial score (nSPS) is 10.8. The van der Waals surface area contributed by atoms with Gasteiger partial charge in [0.25, 0.3) is 5.91 Å². The standard InChI is InChI=1S/C18H14F2N2O2/c19-18(20)24-16-9-2-1-5-12(16)11-22-17(23)14-6-3-8-15-13(14)7-4-10-21-15/h1-10,18H,11H2,(H,22,23). The van der Waals surface area contributed by atoms with Crippen molar-refractivity contribution >= 4 is 16.8 Å². The second-order valence-electron chi connectivity index (χ2n) is 5.04. The highest BCUT2D eigenvalue weighted by Gasteiger charge is 2.12. The first-order valence-electron chi connectivity index (χ1n) is 7.30. The summed E-state index contributed by atoms with van der Waals surface area (Å²) >= 11 is 0. The van der Waals surface area contributed by atoms with E-state index in [0.717, 1.165) is 5.39 Å². The van der Waals surface area contributed by atoms with Crippen LogP contribution < -0.4 is 10.1 Å². The van der Waals surface area contributed by atoms with Crippen molar-refractivity contribution in [1.82, 2.24) is 10.3 Å². The van der Waals surface area contributed by atoms with Gasteiger partial charge in [0.2, 0.25) is 0 Å². The number of aromatic nitrogens is 1. The van der Waals surface area contributed by atoms with Crippen LogP contribution in [0.5, 0.6) is 5.75 Å². The summed E-state index contributed by atoms with van der Waals surface area (Å²) in [5.41, 5.74) is 1.67. The van der Waals surface area contributed by atoms with Crippen LogP contribution >= 0.6 is 0 Å². The molecule has 24 heavy (non-hydrogen) atoms. The lowest BCUT2D eigenvalue weighted by atomic mass is 10.1. The summed E-state index contributed by atoms with van der Waals surface area (Å²) in [5, 5.41) is 3.46. The van der Waals surface area contributed by atoms with E-state index in [4.69, 9.17) is 0 Å². The lowest BCUT2D eigenvalue weighted by Gasteiger charge is -2.12. The number of carbonyl (C=O) groups is 1. The number of amides is 1. The number of hydrogen-bond donors (Lipinski definition) is 1. The maximum absolute atomic E-state index is 12.4. The first-order chi connectivity index (χ1) is 11.6. The van der Waals surface area contributed by atoms with Crippen LogP contribution in [0.1, 0.15) is 15.9 Å². The van der Waals surface area contributed by atoms with Crippen LogP contribution in [0.15, 0.2) is 60.8 Å². The summed E-state index contributed by atoms with van der Waals surface area (Å²) in [4.78, 5) is 16.6. The predicted octanol–water partition coefficient (Wildman–Crippen LogP) is 3.77. The number of fused-ring (bicyclic) bond motifs is 1. The Balaban J connectivity index is 1.79. The molecule has 1 N–H and O–H groups in total. The molecular formula is C18H14F2N2O2. The van der Waals surface area contributed by atoms with Gasteiger partial charge in [0.15, 0.2) is 0 Å². The van der Waals surface area contributed by atoms with Crippen LogP contribution in [0.4, 0.5) is 8.78 Å². The Morgan fingerprint density at radius 2 is 1.92 bits per heavy atom. The van der Waals surface area contributed by atoms with Gasteiger partial charge in [-0.15, -0.1) is 0 Å². The molecule has 1 aromatic heterocycles. The molecule has 0 radical (unpaired) electrons. The third kappa shape index (κ3) is 3.48. The molecule has 1 heterocycles. The fourth-order valence-electron chi connectivity index (χ4n) is 2.43. The van der Waals surface area contributed by atoms with Crippen molar-refractivity contribution in [2.45, 2.75) is 13.2 Å². The number of nitrogens with one attached hydrogen (secondary N) is 1. The largest absolute Gasteiger partial charge is 0.434 e. The van der Waals surface area contributed by atoms with Crippen molar-refractivity contribution in [2.75, 3.05) is 0 Å². The Labute approximate surface area is 137 Å². The highest BCUT2D eigenvalue weighted by molar-refractivity contribution is 6.06. The zero-order valence-electron chi connectivity index (χ0n) is 12.6. The van der Waals surface area contributed by atoms with Gasteiger partial charge in [-0.25, -0.2) is 0 Å². The summed E-state index contributed by atoms with van der Waals surface area (Å²) in [6.45, 7) is -2.83. The number of hydrogen-bond acceptors (Lipinski definition) is 3. The Hall–Kier alpha value is -3.02. The van der Waals surface area contributed by atoms with Crippen LogP contribution in [-0.2, 0) is 6.54 Å². The van der Waals surface area contributed by atoms with E-state index < -0.39 is 6.61 Å². The van der Waals surface area contributed by atoms with Crippen LogP contribution in [0, 0.1) is 0 Å². The fraction of sp³-hybridized carbons (Fsp3) is 0.111. The molecule has 3 rings (SSSR count). The molecule has 1 amide bonds. The third-order valence-corrected chi connectivity index (χ3v) is 3.52. The highest BCUT2D eigenvalue weighted by atomic mass is 19.3. The second-order valence-corrected chi connectivity index (χ2v) is 5.04. The van der Waals surface area contributed by atoms with Gasteiger partial charge in [-0.3, -0.25) is 9.78 Å². The number of halogens is 2. The Morgan fingerprint density at radius 1 is 1.08 bits per heavy atom. The van der Waals surface area contributed by atoms with E-state index in [-0.39, 0.29) is 18.2 Å². The van der Waals surface area contributed by atoms with Crippen molar-refractivity contribution in [1.29, 1.82) is 0 Å². The van der Waals surface area contributed by atoms with Crippen molar-refractivity contribution in [2.24, 2.45) is 0 Å². The van der Waals surface area contributed by atoms with Crippen LogP contribution in [0.3, 0.4) is 0 Å². The average Bonchev–Trinajstić information content (AvgIpc) is 2.60. The monoisotopic (exact) mass is 328 g/mol. The van der Waals surface area contributed by atoms with Crippen molar-refractivity contribution in [3.05, 3.63) is 71.9 Å². The Morgan fingerprint density at radius 3 is 2.75 bits per heavy atom. The number of ether oxygens (including phenoxy) is 1. The van der Waals surface area contributed by atoms with Crippen molar-refractivity contribution < 1.29 is 18.3 Å². The van der Waals surface area contributed by atoms with E-state index in [9.17, 15) is 13.6 Å². The molecule has 0 saturated heterocycles. The fourth-order valence-corrected chi connectivity index (χ4v) is 2.43. The number of nitrogens with zero attached hydrogens (tertiary/aromatic N) is 1. The molecule has 6 heteroatoms. The first-order valence-corrected chi connectivity index (χ1v) is 7.30. The minimum Gasteiger partial charge on any atom is -0.434 e. The zero-order valence-corrected chi connectivity index (χ0v) is 12.6. The van der Waals surface area contributed by atoms with E-state index in [2.05, 4.69) is 15.0 Å². The summed E-state index contributed by atoms with van der Waals surface area (Å²) in [6.07, 6.45) is 1.65. The van der Waals surface area contributed by atoms with E-state index in [1.807, 2.05) is 12.1 Å². The third-order valence-electron chi connectivity index (χ3n) is 3.52. The van der Waals surface area contributed by atoms with Gasteiger partial charge in [0.1, 0.15) is 5.75 Å². The molecule has 0 aliphatic heterocycles. The van der Waals surface area contributed by atoms with E-state index in [0.29, 0.717) is 16.6 Å². The molecule has 122 valence electrons. The van der Waals surface area contributed by atoms with E-state index in [1.165, 1.54) is 6.07 Å². The molecule has 0 spiro atoms. The number of carbonyl (C=O) groups excluding carboxylic acids is 1. The highest BCUT2D eigenvalue weighted by Crippen LogP contribution is 2.21. The number of alkyl halides is 2. The number of para-hydroxylation sites is 1. The van der Waals surface area contributed by atoms with Gasteiger partial charge < -0.3 is 10.1 Å². The van der Waals surface area contributed by atoms with Gasteiger partial charge in [0.05, 0.1) is 5.52 Å². The molecule has 4 nitrogen and oxygen atoms in total. The maximum atomic E-state index is 12.4. The minimum absolute atomic E-state index is 0.0485. The summed E-state index contributed by atoms with van der Waals surface area (Å²) in [7, 11) is 0. The van der Waals surface area contributed by atoms with Crippen LogP contribution in [-0.4, -0.2) is 17.5 Å². The van der Waals surface area contributed by atoms with Crippen molar-refractivity contribution in [3.63, 3.8) is 0 Å². The predicted molar refractivity (Wildman–Crippen MR) is 86.0 cm³/mol. The lowest BCUT2D eigenvalue weighted by molar-refractivity contribution is -0.0504. The number of benzene rings is 2. The molecule has 0 unspecified atom stereocenters. The van der Waals surface area contributed by atoms with Gasteiger partial charge in [-0.2, -0.15) is 8.78 Å². The summed E-state index contributed by atoms with van der Waals surface area (Å²) in [6, 6.07) is 15.2. The van der Waals surface area contributed by atoms with Gasteiger partial charge in [-0.05, 0) is 24.3 Å². The zero-order chi connectivity index (χ0) is 16.9. The number of pyridine rings is 1. The molecule has 0 fully saturated rings. The first kappa shape index (κ1) is 15.9. The topological polar surface area (TPSA) is 51.2 Å². The number of rotatable bonds is 5. The van der Waals surface area contributed by atoms with Crippen molar-refractivity contribution in [3.8, 4) is 5.75 Å². The van der Waals surface area contributed by atoms with Crippen LogP contribution in [0.2, 0.25) is 0 Å². The Kier molecular flexibility index (Phi) is 4.65. The molecule has 3 aromatic rings. The SMILES string of the molecule is O=C(NCc1ccccc1OC(F)F)c1cccc2ncccc12. The minimum atomic E-state index is -2.91. The molecule has 2 aromatic carbocycles. The van der Waals surface area contributed by atoms with E-state index >= 15 is 0 Å². The van der Waals surface area contributed by atoms with E-state index in [1.54, 1.807) is 42.6 Å². The smallest absolute Gasteiger partial charge is 0.387 e. The second kappa shape index (κ2) is 7.04. The van der Waals surface area contributed by atoms with Gasteiger partial charge in [0, 0.05) is 29.3 Å². The van der Waals surface area contributed by atoms with Gasteiger partial charge in [-0.1, -0.05) is 30.3 Å². The summed E-state index contributed by atoms with van der Waals surface area (Å²) in [5.74, 6) is -0.257. The Bertz CT molecular complexity index is 863. The molecule has 0 saturated carbocycles. The lowest BCUT2D eigenvalue weighted by Crippen LogP contribution is -2.23. The molecular weight excluding hydrogens is 314 g/mol. The average molecular weight is 328 g/mol. The molecule has 0 bridgehead atoms. The summed E-state index contributed by atoms with van der Waals surface area (Å²) < 4.78 is 29.3. The van der Waals surface area contributed by atoms with Crippen LogP contribution in [0.25, 0.3) is 10.9 Å².